The van der Waals surface area contributed by atoms with E-state index in [1.165, 1.54) is 11.1 Å². The third kappa shape index (κ3) is 5.16. The van der Waals surface area contributed by atoms with Crippen LogP contribution in [-0.4, -0.2) is 20.3 Å². The Morgan fingerprint density at radius 3 is 2.62 bits per heavy atom. The molecule has 2 aromatic carbocycles. The zero-order valence-corrected chi connectivity index (χ0v) is 13.9. The van der Waals surface area contributed by atoms with Crippen molar-refractivity contribution in [1.29, 1.82) is 0 Å². The topological polar surface area (TPSA) is 30.5 Å². The molecule has 0 bridgehead atoms. The van der Waals surface area contributed by atoms with E-state index in [0.29, 0.717) is 0 Å². The summed E-state index contributed by atoms with van der Waals surface area (Å²) in [6, 6.07) is 14.0. The first-order valence-corrected chi connectivity index (χ1v) is 7.71. The SMILES string of the molecule is COCCNCc1ccc(Oc2cccc(Br)c2)cc1C. The van der Waals surface area contributed by atoms with Gasteiger partial charge in [0.15, 0.2) is 0 Å². The van der Waals surface area contributed by atoms with Crippen molar-refractivity contribution in [3.05, 3.63) is 58.1 Å². The van der Waals surface area contributed by atoms with Gasteiger partial charge in [0.1, 0.15) is 11.5 Å². The Hall–Kier alpha value is -1.36. The van der Waals surface area contributed by atoms with Crippen molar-refractivity contribution < 1.29 is 9.47 Å². The lowest BCUT2D eigenvalue weighted by molar-refractivity contribution is 0.199. The van der Waals surface area contributed by atoms with Gasteiger partial charge >= 0.3 is 0 Å². The number of ether oxygens (including phenoxy) is 2. The van der Waals surface area contributed by atoms with Crippen LogP contribution in [0.15, 0.2) is 46.9 Å². The Labute approximate surface area is 134 Å². The summed E-state index contributed by atoms with van der Waals surface area (Å²) in [5.74, 6) is 1.68. The maximum atomic E-state index is 5.87. The molecular formula is C17H20BrNO2. The highest BCUT2D eigenvalue weighted by Gasteiger charge is 2.03. The molecule has 112 valence electrons. The molecule has 0 heterocycles. The van der Waals surface area contributed by atoms with Gasteiger partial charge in [-0.3, -0.25) is 0 Å². The Morgan fingerprint density at radius 2 is 1.90 bits per heavy atom. The van der Waals surface area contributed by atoms with Gasteiger partial charge in [-0.25, -0.2) is 0 Å². The van der Waals surface area contributed by atoms with Crippen LogP contribution >= 0.6 is 15.9 Å². The van der Waals surface area contributed by atoms with Crippen LogP contribution in [-0.2, 0) is 11.3 Å². The average Bonchev–Trinajstić information content (AvgIpc) is 2.45. The molecule has 0 saturated carbocycles. The fraction of sp³-hybridized carbons (Fsp3) is 0.294. The quantitative estimate of drug-likeness (QED) is 0.756. The summed E-state index contributed by atoms with van der Waals surface area (Å²) >= 11 is 3.44. The van der Waals surface area contributed by atoms with Crippen LogP contribution in [0, 0.1) is 6.92 Å². The van der Waals surface area contributed by atoms with Gasteiger partial charge in [0.2, 0.25) is 0 Å². The Morgan fingerprint density at radius 1 is 1.10 bits per heavy atom. The van der Waals surface area contributed by atoms with E-state index in [1.807, 2.05) is 30.3 Å². The summed E-state index contributed by atoms with van der Waals surface area (Å²) in [5, 5.41) is 3.35. The molecular weight excluding hydrogens is 330 g/mol. The van der Waals surface area contributed by atoms with Crippen molar-refractivity contribution in [2.75, 3.05) is 20.3 Å². The van der Waals surface area contributed by atoms with E-state index in [0.717, 1.165) is 35.7 Å². The molecule has 2 aromatic rings. The minimum atomic E-state index is 0.725. The van der Waals surface area contributed by atoms with Gasteiger partial charge in [0.25, 0.3) is 0 Å². The summed E-state index contributed by atoms with van der Waals surface area (Å²) in [6.07, 6.45) is 0. The molecule has 4 heteroatoms. The Balaban J connectivity index is 1.98. The largest absolute Gasteiger partial charge is 0.457 e. The third-order valence-electron chi connectivity index (χ3n) is 3.14. The van der Waals surface area contributed by atoms with Crippen molar-refractivity contribution in [3.8, 4) is 11.5 Å². The molecule has 1 N–H and O–H groups in total. The first-order chi connectivity index (χ1) is 10.2. The predicted molar refractivity (Wildman–Crippen MR) is 89.0 cm³/mol. The van der Waals surface area contributed by atoms with E-state index in [2.05, 4.69) is 40.3 Å². The van der Waals surface area contributed by atoms with Crippen LogP contribution in [0.2, 0.25) is 0 Å². The minimum Gasteiger partial charge on any atom is -0.457 e. The number of hydrogen-bond donors (Lipinski definition) is 1. The number of methoxy groups -OCH3 is 1. The molecule has 0 atom stereocenters. The van der Waals surface area contributed by atoms with Crippen LogP contribution in [0.4, 0.5) is 0 Å². The van der Waals surface area contributed by atoms with Gasteiger partial charge in [0.05, 0.1) is 6.61 Å². The molecule has 0 radical (unpaired) electrons. The van der Waals surface area contributed by atoms with Crippen molar-refractivity contribution in [1.82, 2.24) is 5.32 Å². The second kappa shape index (κ2) is 8.17. The van der Waals surface area contributed by atoms with Crippen LogP contribution < -0.4 is 10.1 Å². The lowest BCUT2D eigenvalue weighted by Crippen LogP contribution is -2.19. The summed E-state index contributed by atoms with van der Waals surface area (Å²) in [6.45, 7) is 4.52. The molecule has 0 aliphatic rings. The summed E-state index contributed by atoms with van der Waals surface area (Å²) in [5.41, 5.74) is 2.49. The van der Waals surface area contributed by atoms with Crippen molar-refractivity contribution in [2.45, 2.75) is 13.5 Å². The highest BCUT2D eigenvalue weighted by molar-refractivity contribution is 9.10. The Bertz CT molecular complexity index is 587. The Kier molecular flexibility index (Phi) is 6.23. The van der Waals surface area contributed by atoms with Crippen molar-refractivity contribution in [3.63, 3.8) is 0 Å². The van der Waals surface area contributed by atoms with E-state index in [1.54, 1.807) is 7.11 Å². The predicted octanol–water partition coefficient (Wildman–Crippen LogP) is 4.29. The minimum absolute atomic E-state index is 0.725. The number of halogens is 1. The second-order valence-electron chi connectivity index (χ2n) is 4.82. The monoisotopic (exact) mass is 349 g/mol. The van der Waals surface area contributed by atoms with E-state index < -0.39 is 0 Å². The standard InChI is InChI=1S/C17H20BrNO2/c1-13-10-17(21-16-5-3-4-15(18)11-16)7-6-14(13)12-19-8-9-20-2/h3-7,10-11,19H,8-9,12H2,1-2H3. The van der Waals surface area contributed by atoms with Gasteiger partial charge in [-0.05, 0) is 48.4 Å². The van der Waals surface area contributed by atoms with Crippen molar-refractivity contribution in [2.24, 2.45) is 0 Å². The molecule has 0 aliphatic heterocycles. The van der Waals surface area contributed by atoms with Gasteiger partial charge in [-0.15, -0.1) is 0 Å². The highest BCUT2D eigenvalue weighted by atomic mass is 79.9. The summed E-state index contributed by atoms with van der Waals surface area (Å²) < 4.78 is 11.9. The number of benzene rings is 2. The molecule has 0 unspecified atom stereocenters. The number of aryl methyl sites for hydroxylation is 1. The van der Waals surface area contributed by atoms with E-state index in [4.69, 9.17) is 9.47 Å². The van der Waals surface area contributed by atoms with Gasteiger partial charge in [0, 0.05) is 24.7 Å². The van der Waals surface area contributed by atoms with Crippen molar-refractivity contribution >= 4 is 15.9 Å². The maximum absolute atomic E-state index is 5.87. The zero-order valence-electron chi connectivity index (χ0n) is 12.4. The normalized spacial score (nSPS) is 10.6. The number of rotatable bonds is 7. The molecule has 0 fully saturated rings. The van der Waals surface area contributed by atoms with Crippen LogP contribution in [0.25, 0.3) is 0 Å². The molecule has 3 nitrogen and oxygen atoms in total. The zero-order chi connectivity index (χ0) is 15.1. The first-order valence-electron chi connectivity index (χ1n) is 6.91. The van der Waals surface area contributed by atoms with E-state index >= 15 is 0 Å². The van der Waals surface area contributed by atoms with Gasteiger partial charge in [-0.1, -0.05) is 28.1 Å². The molecule has 0 amide bonds. The summed E-state index contributed by atoms with van der Waals surface area (Å²) in [7, 11) is 1.71. The summed E-state index contributed by atoms with van der Waals surface area (Å²) in [4.78, 5) is 0. The molecule has 0 spiro atoms. The lowest BCUT2D eigenvalue weighted by Gasteiger charge is -2.11. The average molecular weight is 350 g/mol. The second-order valence-corrected chi connectivity index (χ2v) is 5.73. The van der Waals surface area contributed by atoms with Crippen LogP contribution in [0.5, 0.6) is 11.5 Å². The van der Waals surface area contributed by atoms with Gasteiger partial charge in [-0.2, -0.15) is 0 Å². The molecule has 0 saturated heterocycles. The number of hydrogen-bond acceptors (Lipinski definition) is 3. The van der Waals surface area contributed by atoms with Crippen LogP contribution in [0.1, 0.15) is 11.1 Å². The van der Waals surface area contributed by atoms with E-state index in [9.17, 15) is 0 Å². The molecule has 0 aromatic heterocycles. The smallest absolute Gasteiger partial charge is 0.128 e. The number of nitrogens with one attached hydrogen (secondary N) is 1. The van der Waals surface area contributed by atoms with Gasteiger partial charge < -0.3 is 14.8 Å². The highest BCUT2D eigenvalue weighted by Crippen LogP contribution is 2.26. The fourth-order valence-corrected chi connectivity index (χ4v) is 2.37. The fourth-order valence-electron chi connectivity index (χ4n) is 1.99. The third-order valence-corrected chi connectivity index (χ3v) is 3.64. The van der Waals surface area contributed by atoms with Crippen LogP contribution in [0.3, 0.4) is 0 Å². The maximum Gasteiger partial charge on any atom is 0.128 e. The molecule has 21 heavy (non-hydrogen) atoms. The lowest BCUT2D eigenvalue weighted by atomic mass is 10.1. The molecule has 2 rings (SSSR count). The first kappa shape index (κ1) is 16.0. The van der Waals surface area contributed by atoms with E-state index in [-0.39, 0.29) is 0 Å². The molecule has 0 aliphatic carbocycles.